The van der Waals surface area contributed by atoms with E-state index in [0.29, 0.717) is 0 Å². The maximum absolute atomic E-state index is 11.2. The summed E-state index contributed by atoms with van der Waals surface area (Å²) in [6, 6.07) is -1.13. The van der Waals surface area contributed by atoms with Gasteiger partial charge in [0.1, 0.15) is 6.04 Å². The summed E-state index contributed by atoms with van der Waals surface area (Å²) in [6.07, 6.45) is 2.27. The zero-order valence-corrected chi connectivity index (χ0v) is 7.34. The van der Waals surface area contributed by atoms with E-state index in [9.17, 15) is 14.4 Å². The van der Waals surface area contributed by atoms with Gasteiger partial charge in [0, 0.05) is 6.20 Å². The SMILES string of the molecule is NC(CN1C=CC(=O)CC1=O)C(=O)O. The third-order valence-electron chi connectivity index (χ3n) is 1.80. The van der Waals surface area contributed by atoms with Crippen LogP contribution in [0.1, 0.15) is 6.42 Å². The number of carboxylic acids is 1. The van der Waals surface area contributed by atoms with Crippen molar-refractivity contribution >= 4 is 17.7 Å². The molecule has 14 heavy (non-hydrogen) atoms. The molecule has 0 saturated heterocycles. The Kier molecular flexibility index (Phi) is 2.98. The van der Waals surface area contributed by atoms with Gasteiger partial charge in [-0.05, 0) is 6.08 Å². The zero-order chi connectivity index (χ0) is 10.7. The standard InChI is InChI=1S/C8H10N2O4/c9-6(8(13)14)4-10-2-1-5(11)3-7(10)12/h1-2,6H,3-4,9H2,(H,13,14). The molecule has 1 atom stereocenters. The van der Waals surface area contributed by atoms with Crippen LogP contribution in [-0.2, 0) is 14.4 Å². The molecule has 1 heterocycles. The van der Waals surface area contributed by atoms with E-state index in [2.05, 4.69) is 0 Å². The first-order valence-corrected chi connectivity index (χ1v) is 3.99. The Hall–Kier alpha value is -1.69. The van der Waals surface area contributed by atoms with Crippen LogP contribution in [0.2, 0.25) is 0 Å². The summed E-state index contributed by atoms with van der Waals surface area (Å²) >= 11 is 0. The molecule has 0 fully saturated rings. The molecule has 0 aliphatic carbocycles. The molecular weight excluding hydrogens is 188 g/mol. The van der Waals surface area contributed by atoms with Crippen molar-refractivity contribution in [3.05, 3.63) is 12.3 Å². The summed E-state index contributed by atoms with van der Waals surface area (Å²) in [6.45, 7) is -0.113. The fraction of sp³-hybridized carbons (Fsp3) is 0.375. The predicted octanol–water partition coefficient (Wildman–Crippen LogP) is -1.29. The quantitative estimate of drug-likeness (QED) is 0.550. The summed E-state index contributed by atoms with van der Waals surface area (Å²) in [5.74, 6) is -1.88. The van der Waals surface area contributed by atoms with Crippen molar-refractivity contribution in [1.29, 1.82) is 0 Å². The molecule has 1 amide bonds. The van der Waals surface area contributed by atoms with Gasteiger partial charge in [0.05, 0.1) is 13.0 Å². The molecule has 1 unspecified atom stereocenters. The number of ketones is 1. The monoisotopic (exact) mass is 198 g/mol. The Labute approximate surface area is 80.0 Å². The van der Waals surface area contributed by atoms with Crippen molar-refractivity contribution in [2.45, 2.75) is 12.5 Å². The van der Waals surface area contributed by atoms with Gasteiger partial charge in [-0.2, -0.15) is 0 Å². The van der Waals surface area contributed by atoms with Gasteiger partial charge in [-0.1, -0.05) is 0 Å². The first-order chi connectivity index (χ1) is 6.50. The van der Waals surface area contributed by atoms with E-state index in [-0.39, 0.29) is 18.7 Å². The highest BCUT2D eigenvalue weighted by atomic mass is 16.4. The summed E-state index contributed by atoms with van der Waals surface area (Å²) in [7, 11) is 0. The second-order valence-corrected chi connectivity index (χ2v) is 2.95. The molecule has 3 N–H and O–H groups in total. The number of amides is 1. The minimum atomic E-state index is -1.18. The lowest BCUT2D eigenvalue weighted by atomic mass is 10.2. The summed E-state index contributed by atoms with van der Waals surface area (Å²) in [5, 5.41) is 8.50. The number of hydrogen-bond acceptors (Lipinski definition) is 4. The summed E-state index contributed by atoms with van der Waals surface area (Å²) in [5.41, 5.74) is 5.23. The molecule has 0 saturated carbocycles. The third kappa shape index (κ3) is 2.40. The van der Waals surface area contributed by atoms with Gasteiger partial charge >= 0.3 is 5.97 Å². The second-order valence-electron chi connectivity index (χ2n) is 2.95. The third-order valence-corrected chi connectivity index (χ3v) is 1.80. The lowest BCUT2D eigenvalue weighted by molar-refractivity contribution is -0.139. The van der Waals surface area contributed by atoms with Gasteiger partial charge in [0.2, 0.25) is 5.91 Å². The van der Waals surface area contributed by atoms with Crippen LogP contribution in [0.15, 0.2) is 12.3 Å². The molecule has 1 aliphatic rings. The van der Waals surface area contributed by atoms with Crippen LogP contribution in [-0.4, -0.2) is 40.3 Å². The molecule has 0 bridgehead atoms. The number of aliphatic carboxylic acids is 1. The molecule has 0 spiro atoms. The summed E-state index contributed by atoms with van der Waals surface area (Å²) in [4.78, 5) is 33.5. The largest absolute Gasteiger partial charge is 0.480 e. The molecule has 1 aliphatic heterocycles. The predicted molar refractivity (Wildman–Crippen MR) is 46.1 cm³/mol. The molecular formula is C8H10N2O4. The first kappa shape index (κ1) is 10.4. The highest BCUT2D eigenvalue weighted by Gasteiger charge is 2.23. The normalized spacial score (nSPS) is 18.5. The average Bonchev–Trinajstić information content (AvgIpc) is 2.09. The smallest absolute Gasteiger partial charge is 0.322 e. The Morgan fingerprint density at radius 2 is 2.29 bits per heavy atom. The van der Waals surface area contributed by atoms with E-state index in [1.54, 1.807) is 0 Å². The first-order valence-electron chi connectivity index (χ1n) is 3.99. The number of nitrogens with zero attached hydrogens (tertiary/aromatic N) is 1. The van der Waals surface area contributed by atoms with Gasteiger partial charge < -0.3 is 15.7 Å². The Bertz CT molecular complexity index is 310. The van der Waals surface area contributed by atoms with Gasteiger partial charge in [-0.25, -0.2) is 0 Å². The minimum Gasteiger partial charge on any atom is -0.480 e. The van der Waals surface area contributed by atoms with Crippen LogP contribution in [0.4, 0.5) is 0 Å². The number of nitrogens with two attached hydrogens (primary N) is 1. The van der Waals surface area contributed by atoms with Crippen LogP contribution in [0.5, 0.6) is 0 Å². The number of allylic oxidation sites excluding steroid dienone is 1. The van der Waals surface area contributed by atoms with E-state index in [4.69, 9.17) is 10.8 Å². The molecule has 6 nitrogen and oxygen atoms in total. The zero-order valence-electron chi connectivity index (χ0n) is 7.34. The molecule has 1 rings (SSSR count). The van der Waals surface area contributed by atoms with Gasteiger partial charge in [-0.15, -0.1) is 0 Å². The molecule has 0 aromatic heterocycles. The maximum atomic E-state index is 11.2. The van der Waals surface area contributed by atoms with Crippen molar-refractivity contribution in [2.75, 3.05) is 6.54 Å². The molecule has 76 valence electrons. The highest BCUT2D eigenvalue weighted by Crippen LogP contribution is 2.05. The van der Waals surface area contributed by atoms with Crippen molar-refractivity contribution in [3.63, 3.8) is 0 Å². The van der Waals surface area contributed by atoms with Crippen molar-refractivity contribution in [3.8, 4) is 0 Å². The summed E-state index contributed by atoms with van der Waals surface area (Å²) < 4.78 is 0. The van der Waals surface area contributed by atoms with E-state index in [1.807, 2.05) is 0 Å². The van der Waals surface area contributed by atoms with Crippen molar-refractivity contribution < 1.29 is 19.5 Å². The highest BCUT2D eigenvalue weighted by molar-refractivity contribution is 6.06. The second kappa shape index (κ2) is 4.01. The lowest BCUT2D eigenvalue weighted by Gasteiger charge is -2.22. The van der Waals surface area contributed by atoms with Gasteiger partial charge in [0.25, 0.3) is 0 Å². The maximum Gasteiger partial charge on any atom is 0.322 e. The molecule has 0 aromatic carbocycles. The Balaban J connectivity index is 2.61. The van der Waals surface area contributed by atoms with Crippen LogP contribution in [0.25, 0.3) is 0 Å². The fourth-order valence-corrected chi connectivity index (χ4v) is 1.02. The van der Waals surface area contributed by atoms with E-state index >= 15 is 0 Å². The molecule has 6 heteroatoms. The van der Waals surface area contributed by atoms with E-state index in [1.165, 1.54) is 12.3 Å². The van der Waals surface area contributed by atoms with Crippen LogP contribution in [0.3, 0.4) is 0 Å². The Morgan fingerprint density at radius 1 is 1.64 bits per heavy atom. The number of carbonyl (C=O) groups is 3. The van der Waals surface area contributed by atoms with Crippen molar-refractivity contribution in [1.82, 2.24) is 4.90 Å². The van der Waals surface area contributed by atoms with Crippen LogP contribution >= 0.6 is 0 Å². The van der Waals surface area contributed by atoms with Crippen molar-refractivity contribution in [2.24, 2.45) is 5.73 Å². The van der Waals surface area contributed by atoms with E-state index in [0.717, 1.165) is 4.90 Å². The Morgan fingerprint density at radius 3 is 2.79 bits per heavy atom. The topological polar surface area (TPSA) is 101 Å². The number of carbonyl (C=O) groups excluding carboxylic acids is 2. The molecule has 0 radical (unpaired) electrons. The number of rotatable bonds is 3. The number of hydrogen-bond donors (Lipinski definition) is 2. The van der Waals surface area contributed by atoms with Crippen LogP contribution in [0, 0.1) is 0 Å². The number of carboxylic acid groups (broad SMARTS) is 1. The average molecular weight is 198 g/mol. The molecule has 0 aromatic rings. The van der Waals surface area contributed by atoms with Crippen LogP contribution < -0.4 is 5.73 Å². The lowest BCUT2D eigenvalue weighted by Crippen LogP contribution is -2.44. The van der Waals surface area contributed by atoms with E-state index < -0.39 is 17.9 Å². The van der Waals surface area contributed by atoms with Gasteiger partial charge in [-0.3, -0.25) is 14.4 Å². The van der Waals surface area contributed by atoms with Gasteiger partial charge in [0.15, 0.2) is 5.78 Å². The fourth-order valence-electron chi connectivity index (χ4n) is 1.02. The minimum absolute atomic E-state index is 0.113.